The molecule has 0 aromatic heterocycles. The highest BCUT2D eigenvalue weighted by atomic mass is 79.9. The summed E-state index contributed by atoms with van der Waals surface area (Å²) in [7, 11) is 0. The second-order valence-corrected chi connectivity index (χ2v) is 3.15. The lowest BCUT2D eigenvalue weighted by atomic mass is 10.1. The SMILES string of the molecule is CC(=O)CCC(C)CBr. The van der Waals surface area contributed by atoms with Crippen LogP contribution in [0, 0.1) is 5.92 Å². The van der Waals surface area contributed by atoms with Crippen molar-refractivity contribution in [1.29, 1.82) is 0 Å². The number of carbonyl (C=O) groups is 1. The summed E-state index contributed by atoms with van der Waals surface area (Å²) in [6.45, 7) is 3.78. The molecule has 0 aliphatic rings. The van der Waals surface area contributed by atoms with Crippen LogP contribution in [0.5, 0.6) is 0 Å². The minimum atomic E-state index is 0.294. The molecule has 2 heteroatoms. The molecule has 0 fully saturated rings. The Bertz CT molecular complexity index is 90.9. The minimum absolute atomic E-state index is 0.294. The highest BCUT2D eigenvalue weighted by molar-refractivity contribution is 9.09. The Labute approximate surface area is 65.0 Å². The Morgan fingerprint density at radius 3 is 2.56 bits per heavy atom. The van der Waals surface area contributed by atoms with Crippen molar-refractivity contribution in [3.8, 4) is 0 Å². The normalized spacial score (nSPS) is 13.2. The summed E-state index contributed by atoms with van der Waals surface area (Å²) in [5.74, 6) is 0.928. The number of ketones is 1. The van der Waals surface area contributed by atoms with Gasteiger partial charge >= 0.3 is 0 Å². The molecular formula is C7H13BrO. The van der Waals surface area contributed by atoms with Crippen molar-refractivity contribution in [2.24, 2.45) is 5.92 Å². The first-order chi connectivity index (χ1) is 4.16. The second-order valence-electron chi connectivity index (χ2n) is 2.50. The van der Waals surface area contributed by atoms with E-state index in [1.165, 1.54) is 0 Å². The summed E-state index contributed by atoms with van der Waals surface area (Å²) in [6.07, 6.45) is 1.74. The van der Waals surface area contributed by atoms with Gasteiger partial charge in [-0.15, -0.1) is 0 Å². The molecule has 1 unspecified atom stereocenters. The highest BCUT2D eigenvalue weighted by Crippen LogP contribution is 2.07. The van der Waals surface area contributed by atoms with Gasteiger partial charge in [-0.1, -0.05) is 22.9 Å². The summed E-state index contributed by atoms with van der Waals surface area (Å²) < 4.78 is 0. The van der Waals surface area contributed by atoms with E-state index in [1.807, 2.05) is 0 Å². The molecule has 1 atom stereocenters. The number of carbonyl (C=O) groups excluding carboxylic acids is 1. The van der Waals surface area contributed by atoms with Gasteiger partial charge in [-0.05, 0) is 19.3 Å². The van der Waals surface area contributed by atoms with E-state index < -0.39 is 0 Å². The average molecular weight is 193 g/mol. The van der Waals surface area contributed by atoms with E-state index >= 15 is 0 Å². The first-order valence-corrected chi connectivity index (χ1v) is 4.34. The average Bonchev–Trinajstić information content (AvgIpc) is 1.83. The monoisotopic (exact) mass is 192 g/mol. The molecule has 0 bridgehead atoms. The van der Waals surface area contributed by atoms with Crippen molar-refractivity contribution in [2.45, 2.75) is 26.7 Å². The third-order valence-corrected chi connectivity index (χ3v) is 2.36. The van der Waals surface area contributed by atoms with E-state index in [0.717, 1.165) is 18.2 Å². The topological polar surface area (TPSA) is 17.1 Å². The lowest BCUT2D eigenvalue weighted by Gasteiger charge is -2.03. The molecule has 0 radical (unpaired) electrons. The first-order valence-electron chi connectivity index (χ1n) is 3.22. The minimum Gasteiger partial charge on any atom is -0.300 e. The lowest BCUT2D eigenvalue weighted by Crippen LogP contribution is -1.99. The molecule has 9 heavy (non-hydrogen) atoms. The summed E-state index contributed by atoms with van der Waals surface area (Å²) in [5, 5.41) is 1.00. The standard InChI is InChI=1S/C7H13BrO/c1-6(5-8)3-4-7(2)9/h6H,3-5H2,1-2H3. The Hall–Kier alpha value is 0.150. The van der Waals surface area contributed by atoms with Gasteiger partial charge < -0.3 is 4.79 Å². The Morgan fingerprint density at radius 1 is 1.67 bits per heavy atom. The van der Waals surface area contributed by atoms with Crippen LogP contribution >= 0.6 is 15.9 Å². The zero-order chi connectivity index (χ0) is 7.28. The van der Waals surface area contributed by atoms with E-state index in [-0.39, 0.29) is 0 Å². The fourth-order valence-electron chi connectivity index (χ4n) is 0.527. The number of alkyl halides is 1. The molecule has 0 aliphatic heterocycles. The molecule has 0 amide bonds. The van der Waals surface area contributed by atoms with E-state index in [9.17, 15) is 4.79 Å². The molecule has 0 saturated carbocycles. The molecule has 54 valence electrons. The van der Waals surface area contributed by atoms with E-state index in [1.54, 1.807) is 6.92 Å². The number of hydrogen-bond acceptors (Lipinski definition) is 1. The van der Waals surface area contributed by atoms with Crippen molar-refractivity contribution in [3.63, 3.8) is 0 Å². The molecule has 0 saturated heterocycles. The van der Waals surface area contributed by atoms with Crippen LogP contribution in [0.2, 0.25) is 0 Å². The molecule has 0 spiro atoms. The molecule has 0 aromatic carbocycles. The number of rotatable bonds is 4. The van der Waals surface area contributed by atoms with Crippen LogP contribution in [-0.4, -0.2) is 11.1 Å². The fraction of sp³-hybridized carbons (Fsp3) is 0.857. The van der Waals surface area contributed by atoms with Crippen molar-refractivity contribution in [2.75, 3.05) is 5.33 Å². The fourth-order valence-corrected chi connectivity index (χ4v) is 0.851. The van der Waals surface area contributed by atoms with Gasteiger partial charge in [0.1, 0.15) is 5.78 Å². The van der Waals surface area contributed by atoms with Crippen molar-refractivity contribution < 1.29 is 4.79 Å². The van der Waals surface area contributed by atoms with Crippen molar-refractivity contribution >= 4 is 21.7 Å². The molecule has 1 nitrogen and oxygen atoms in total. The van der Waals surface area contributed by atoms with Gasteiger partial charge in [0.05, 0.1) is 0 Å². The van der Waals surface area contributed by atoms with Crippen LogP contribution in [0.4, 0.5) is 0 Å². The van der Waals surface area contributed by atoms with Crippen LogP contribution in [0.3, 0.4) is 0 Å². The zero-order valence-electron chi connectivity index (χ0n) is 5.98. The van der Waals surface area contributed by atoms with Gasteiger partial charge in [0.2, 0.25) is 0 Å². The smallest absolute Gasteiger partial charge is 0.129 e. The summed E-state index contributed by atoms with van der Waals surface area (Å²) in [6, 6.07) is 0. The lowest BCUT2D eigenvalue weighted by molar-refractivity contribution is -0.117. The summed E-state index contributed by atoms with van der Waals surface area (Å²) in [5.41, 5.74) is 0. The number of halogens is 1. The molecule has 0 rings (SSSR count). The number of Topliss-reactive ketones (excluding diaryl/α,β-unsaturated/α-hetero) is 1. The zero-order valence-corrected chi connectivity index (χ0v) is 7.57. The third kappa shape index (κ3) is 6.03. The summed E-state index contributed by atoms with van der Waals surface area (Å²) >= 11 is 3.35. The van der Waals surface area contributed by atoms with E-state index in [2.05, 4.69) is 22.9 Å². The van der Waals surface area contributed by atoms with Gasteiger partial charge in [-0.2, -0.15) is 0 Å². The predicted octanol–water partition coefficient (Wildman–Crippen LogP) is 2.39. The third-order valence-electron chi connectivity index (χ3n) is 1.25. The maximum atomic E-state index is 10.4. The van der Waals surface area contributed by atoms with Crippen LogP contribution in [-0.2, 0) is 4.79 Å². The molecule has 0 aromatic rings. The molecule has 0 heterocycles. The van der Waals surface area contributed by atoms with E-state index in [0.29, 0.717) is 11.7 Å². The maximum Gasteiger partial charge on any atom is 0.129 e. The highest BCUT2D eigenvalue weighted by Gasteiger charge is 2.00. The second kappa shape index (κ2) is 4.98. The summed E-state index contributed by atoms with van der Waals surface area (Å²) in [4.78, 5) is 10.4. The van der Waals surface area contributed by atoms with Gasteiger partial charge in [0, 0.05) is 11.8 Å². The largest absolute Gasteiger partial charge is 0.300 e. The van der Waals surface area contributed by atoms with Crippen LogP contribution in [0.1, 0.15) is 26.7 Å². The van der Waals surface area contributed by atoms with Crippen LogP contribution in [0.15, 0.2) is 0 Å². The Balaban J connectivity index is 3.16. The van der Waals surface area contributed by atoms with Crippen LogP contribution < -0.4 is 0 Å². The quantitative estimate of drug-likeness (QED) is 0.626. The first kappa shape index (κ1) is 9.15. The van der Waals surface area contributed by atoms with Gasteiger partial charge in [0.15, 0.2) is 0 Å². The van der Waals surface area contributed by atoms with Crippen molar-refractivity contribution in [1.82, 2.24) is 0 Å². The van der Waals surface area contributed by atoms with Crippen LogP contribution in [0.25, 0.3) is 0 Å². The van der Waals surface area contributed by atoms with Gasteiger partial charge in [-0.25, -0.2) is 0 Å². The van der Waals surface area contributed by atoms with Crippen molar-refractivity contribution in [3.05, 3.63) is 0 Å². The maximum absolute atomic E-state index is 10.4. The van der Waals surface area contributed by atoms with Gasteiger partial charge in [0.25, 0.3) is 0 Å². The number of hydrogen-bond donors (Lipinski definition) is 0. The Kier molecular flexibility index (Phi) is 5.06. The van der Waals surface area contributed by atoms with E-state index in [4.69, 9.17) is 0 Å². The molecule has 0 aliphatic carbocycles. The molecular weight excluding hydrogens is 180 g/mol. The molecule has 0 N–H and O–H groups in total. The Morgan fingerprint density at radius 2 is 2.22 bits per heavy atom. The van der Waals surface area contributed by atoms with Gasteiger partial charge in [-0.3, -0.25) is 0 Å². The predicted molar refractivity (Wildman–Crippen MR) is 42.9 cm³/mol.